The van der Waals surface area contributed by atoms with E-state index < -0.39 is 0 Å². The second-order valence-corrected chi connectivity index (χ2v) is 8.16. The van der Waals surface area contributed by atoms with Crippen LogP contribution in [0.5, 0.6) is 5.75 Å². The molecule has 150 valence electrons. The van der Waals surface area contributed by atoms with Crippen molar-refractivity contribution in [2.75, 3.05) is 25.7 Å². The van der Waals surface area contributed by atoms with Crippen molar-refractivity contribution < 1.29 is 14.3 Å². The zero-order chi connectivity index (χ0) is 20.4. The Kier molecular flexibility index (Phi) is 6.54. The summed E-state index contributed by atoms with van der Waals surface area (Å²) in [5.41, 5.74) is 1.34. The van der Waals surface area contributed by atoms with E-state index in [0.717, 1.165) is 21.9 Å². The molecule has 1 saturated heterocycles. The predicted molar refractivity (Wildman–Crippen MR) is 119 cm³/mol. The lowest BCUT2D eigenvalue weighted by Gasteiger charge is -2.26. The number of methoxy groups -OCH3 is 2. The average Bonchev–Trinajstić information content (AvgIpc) is 2.94. The zero-order valence-electron chi connectivity index (χ0n) is 16.3. The molecule has 0 saturated carbocycles. The number of carbonyl (C=O) groups is 1. The summed E-state index contributed by atoms with van der Waals surface area (Å²) < 4.78 is 12.0. The van der Waals surface area contributed by atoms with Crippen LogP contribution < -0.4 is 25.8 Å². The minimum absolute atomic E-state index is 0.00885. The van der Waals surface area contributed by atoms with E-state index in [-0.39, 0.29) is 23.4 Å². The summed E-state index contributed by atoms with van der Waals surface area (Å²) in [7, 11) is 8.71. The number of anilines is 1. The van der Waals surface area contributed by atoms with Gasteiger partial charge in [0.1, 0.15) is 11.4 Å². The molecule has 0 spiro atoms. The maximum atomic E-state index is 12.9. The first kappa shape index (κ1) is 21.0. The Labute approximate surface area is 169 Å². The molecule has 0 N–H and O–H groups in total. The monoisotopic (exact) mass is 420 g/mol. The first-order valence-corrected chi connectivity index (χ1v) is 10.3. The van der Waals surface area contributed by atoms with Crippen molar-refractivity contribution in [3.63, 3.8) is 0 Å². The van der Waals surface area contributed by atoms with Crippen LogP contribution in [-0.2, 0) is 16.1 Å². The number of aromatic nitrogens is 1. The standard InChI is InChI=1S/C20H26N2O4P2/c1-12-14(19-16(27)9-13(26-3)10-17(19)28)11-18(23)22(12)15-5-4-6-21(20(15)24)7-8-25-2/h4-6,9-10,12,14H,7-8,11,27-28H2,1-3H3/t12-,14-/m0/s1. The van der Waals surface area contributed by atoms with Gasteiger partial charge in [0.05, 0.1) is 13.7 Å². The molecule has 1 aliphatic heterocycles. The van der Waals surface area contributed by atoms with E-state index in [1.54, 1.807) is 42.0 Å². The van der Waals surface area contributed by atoms with Crippen molar-refractivity contribution in [2.45, 2.75) is 31.8 Å². The molecule has 8 heteroatoms. The minimum Gasteiger partial charge on any atom is -0.497 e. The van der Waals surface area contributed by atoms with Crippen LogP contribution in [0.4, 0.5) is 5.69 Å². The normalized spacial score (nSPS) is 19.3. The molecule has 2 heterocycles. The van der Waals surface area contributed by atoms with Gasteiger partial charge in [-0.3, -0.25) is 9.59 Å². The summed E-state index contributed by atoms with van der Waals surface area (Å²) in [4.78, 5) is 27.5. The highest BCUT2D eigenvalue weighted by atomic mass is 31.0. The summed E-state index contributed by atoms with van der Waals surface area (Å²) in [5.74, 6) is 0.728. The fourth-order valence-corrected chi connectivity index (χ4v) is 5.11. The summed E-state index contributed by atoms with van der Waals surface area (Å²) in [6.07, 6.45) is 2.08. The molecule has 0 radical (unpaired) electrons. The number of ether oxygens (including phenoxy) is 2. The van der Waals surface area contributed by atoms with Crippen molar-refractivity contribution in [1.29, 1.82) is 0 Å². The van der Waals surface area contributed by atoms with Gasteiger partial charge in [0.2, 0.25) is 5.91 Å². The van der Waals surface area contributed by atoms with Crippen LogP contribution in [0.2, 0.25) is 0 Å². The van der Waals surface area contributed by atoms with E-state index in [9.17, 15) is 9.59 Å². The third-order valence-electron chi connectivity index (χ3n) is 5.27. The topological polar surface area (TPSA) is 60.8 Å². The van der Waals surface area contributed by atoms with E-state index in [0.29, 0.717) is 25.3 Å². The highest BCUT2D eigenvalue weighted by Gasteiger charge is 2.41. The predicted octanol–water partition coefficient (Wildman–Crippen LogP) is 1.41. The Balaban J connectivity index is 1.98. The van der Waals surface area contributed by atoms with Gasteiger partial charge in [-0.2, -0.15) is 0 Å². The van der Waals surface area contributed by atoms with E-state index in [2.05, 4.69) is 18.5 Å². The molecule has 28 heavy (non-hydrogen) atoms. The number of carbonyl (C=O) groups excluding carboxylic acids is 1. The van der Waals surface area contributed by atoms with Crippen molar-refractivity contribution in [1.82, 2.24) is 4.57 Å². The van der Waals surface area contributed by atoms with E-state index >= 15 is 0 Å². The van der Waals surface area contributed by atoms with Crippen molar-refractivity contribution in [2.24, 2.45) is 0 Å². The lowest BCUT2D eigenvalue weighted by Crippen LogP contribution is -2.39. The molecule has 2 aromatic rings. The molecular formula is C20H26N2O4P2. The Morgan fingerprint density at radius 3 is 2.46 bits per heavy atom. The first-order valence-electron chi connectivity index (χ1n) is 9.12. The second-order valence-electron chi connectivity index (χ2n) is 6.92. The molecule has 1 aromatic heterocycles. The van der Waals surface area contributed by atoms with Gasteiger partial charge in [0.25, 0.3) is 5.56 Å². The molecule has 4 atom stereocenters. The van der Waals surface area contributed by atoms with Gasteiger partial charge in [0, 0.05) is 38.2 Å². The van der Waals surface area contributed by atoms with Gasteiger partial charge >= 0.3 is 0 Å². The Morgan fingerprint density at radius 1 is 1.18 bits per heavy atom. The van der Waals surface area contributed by atoms with E-state index in [1.165, 1.54) is 0 Å². The quantitative estimate of drug-likeness (QED) is 0.664. The molecule has 1 amide bonds. The Bertz CT molecular complexity index is 921. The van der Waals surface area contributed by atoms with Crippen LogP contribution in [0.3, 0.4) is 0 Å². The summed E-state index contributed by atoms with van der Waals surface area (Å²) in [5, 5.41) is 2.00. The Hall–Kier alpha value is -1.74. The number of nitrogens with zero attached hydrogens (tertiary/aromatic N) is 2. The van der Waals surface area contributed by atoms with Crippen LogP contribution in [0, 0.1) is 0 Å². The summed E-state index contributed by atoms with van der Waals surface area (Å²) in [6, 6.07) is 7.29. The van der Waals surface area contributed by atoms with Gasteiger partial charge in [-0.1, -0.05) is 0 Å². The fraction of sp³-hybridized carbons (Fsp3) is 0.400. The van der Waals surface area contributed by atoms with Crippen LogP contribution in [0.15, 0.2) is 35.3 Å². The third kappa shape index (κ3) is 3.87. The van der Waals surface area contributed by atoms with Gasteiger partial charge < -0.3 is 18.9 Å². The van der Waals surface area contributed by atoms with Gasteiger partial charge in [0.15, 0.2) is 0 Å². The lowest BCUT2D eigenvalue weighted by molar-refractivity contribution is -0.117. The molecule has 1 fully saturated rings. The smallest absolute Gasteiger partial charge is 0.274 e. The minimum atomic E-state index is -0.174. The zero-order valence-corrected chi connectivity index (χ0v) is 18.7. The van der Waals surface area contributed by atoms with Gasteiger partial charge in [-0.15, -0.1) is 18.5 Å². The molecular weight excluding hydrogens is 394 g/mol. The largest absolute Gasteiger partial charge is 0.497 e. The molecule has 0 bridgehead atoms. The maximum absolute atomic E-state index is 12.9. The average molecular weight is 420 g/mol. The third-order valence-corrected chi connectivity index (χ3v) is 6.23. The second kappa shape index (κ2) is 8.73. The SMILES string of the molecule is COCCn1cccc(N2C(=O)C[C@H](c3c(P)cc(OC)cc3P)[C@@H]2C)c1=O. The van der Waals surface area contributed by atoms with E-state index in [4.69, 9.17) is 9.47 Å². The van der Waals surface area contributed by atoms with Gasteiger partial charge in [-0.05, 0) is 47.4 Å². The molecule has 3 rings (SSSR count). The fourth-order valence-electron chi connectivity index (χ4n) is 3.85. The lowest BCUT2D eigenvalue weighted by atomic mass is 9.92. The molecule has 2 unspecified atom stereocenters. The summed E-state index contributed by atoms with van der Waals surface area (Å²) >= 11 is 0. The van der Waals surface area contributed by atoms with E-state index in [1.807, 2.05) is 19.1 Å². The number of benzene rings is 1. The number of pyridine rings is 1. The number of rotatable bonds is 6. The number of hydrogen-bond donors (Lipinski definition) is 0. The van der Waals surface area contributed by atoms with Crippen LogP contribution in [0.25, 0.3) is 0 Å². The number of amides is 1. The molecule has 1 aromatic carbocycles. The van der Waals surface area contributed by atoms with Crippen LogP contribution >= 0.6 is 18.5 Å². The van der Waals surface area contributed by atoms with Crippen LogP contribution in [0.1, 0.15) is 24.8 Å². The van der Waals surface area contributed by atoms with Crippen molar-refractivity contribution in [3.8, 4) is 5.75 Å². The first-order chi connectivity index (χ1) is 13.4. The highest BCUT2D eigenvalue weighted by Crippen LogP contribution is 2.36. The summed E-state index contributed by atoms with van der Waals surface area (Å²) in [6.45, 7) is 2.89. The van der Waals surface area contributed by atoms with Crippen LogP contribution in [-0.4, -0.2) is 37.3 Å². The molecule has 1 aliphatic rings. The highest BCUT2D eigenvalue weighted by molar-refractivity contribution is 7.29. The number of hydrogen-bond acceptors (Lipinski definition) is 4. The van der Waals surface area contributed by atoms with Crippen molar-refractivity contribution in [3.05, 3.63) is 46.4 Å². The Morgan fingerprint density at radius 2 is 1.86 bits per heavy atom. The molecule has 6 nitrogen and oxygen atoms in total. The van der Waals surface area contributed by atoms with Crippen molar-refractivity contribution >= 4 is 40.7 Å². The maximum Gasteiger partial charge on any atom is 0.274 e. The molecule has 0 aliphatic carbocycles. The van der Waals surface area contributed by atoms with Gasteiger partial charge in [-0.25, -0.2) is 0 Å².